The molecule has 0 amide bonds. The zero-order chi connectivity index (χ0) is 9.64. The van der Waals surface area contributed by atoms with Crippen LogP contribution in [0, 0.1) is 0 Å². The van der Waals surface area contributed by atoms with E-state index in [-0.39, 0.29) is 0 Å². The quantitative estimate of drug-likeness (QED) is 0.742. The van der Waals surface area contributed by atoms with Gasteiger partial charge in [0, 0.05) is 11.1 Å². The highest BCUT2D eigenvalue weighted by atomic mass is 32.2. The summed E-state index contributed by atoms with van der Waals surface area (Å²) >= 11 is 3.29. The van der Waals surface area contributed by atoms with E-state index in [9.17, 15) is 0 Å². The minimum Gasteiger partial charge on any atom is -0.158 e. The average molecular weight is 220 g/mol. The van der Waals surface area contributed by atoms with Gasteiger partial charge in [0.2, 0.25) is 0 Å². The lowest BCUT2D eigenvalue weighted by molar-refractivity contribution is 0.932. The van der Waals surface area contributed by atoms with Crippen LogP contribution in [-0.2, 0) is 0 Å². The van der Waals surface area contributed by atoms with E-state index >= 15 is 0 Å². The van der Waals surface area contributed by atoms with Crippen molar-refractivity contribution in [2.24, 2.45) is 0 Å². The largest absolute Gasteiger partial charge is 0.158 e. The molecule has 4 heteroatoms. The van der Waals surface area contributed by atoms with Crippen molar-refractivity contribution in [3.8, 4) is 0 Å². The molecule has 0 aliphatic heterocycles. The Bertz CT molecular complexity index is 395. The molecule has 14 heavy (non-hydrogen) atoms. The van der Waals surface area contributed by atoms with E-state index in [1.165, 1.54) is 4.88 Å². The van der Waals surface area contributed by atoms with Crippen LogP contribution in [0.25, 0.3) is 6.08 Å². The van der Waals surface area contributed by atoms with Crippen molar-refractivity contribution in [2.45, 2.75) is 5.03 Å². The fraction of sp³-hybridized carbons (Fsp3) is 0. The third-order valence-electron chi connectivity index (χ3n) is 1.51. The number of thioether (sulfide) groups is 1. The van der Waals surface area contributed by atoms with Gasteiger partial charge < -0.3 is 0 Å². The van der Waals surface area contributed by atoms with Gasteiger partial charge in [0.15, 0.2) is 0 Å². The molecule has 0 saturated heterocycles. The summed E-state index contributed by atoms with van der Waals surface area (Å²) in [4.78, 5) is 1.25. The molecule has 0 N–H and O–H groups in total. The van der Waals surface area contributed by atoms with E-state index in [0.717, 1.165) is 5.03 Å². The van der Waals surface area contributed by atoms with Crippen LogP contribution in [0.1, 0.15) is 4.88 Å². The van der Waals surface area contributed by atoms with Crippen LogP contribution < -0.4 is 0 Å². The molecule has 0 saturated carbocycles. The minimum absolute atomic E-state index is 0.917. The van der Waals surface area contributed by atoms with Crippen molar-refractivity contribution in [1.82, 2.24) is 10.2 Å². The summed E-state index contributed by atoms with van der Waals surface area (Å²) in [5.41, 5.74) is 0. The summed E-state index contributed by atoms with van der Waals surface area (Å²) in [5.74, 6) is 0. The molecule has 2 heterocycles. The summed E-state index contributed by atoms with van der Waals surface area (Å²) in [6.07, 6.45) is 3.75. The molecule has 0 radical (unpaired) electrons. The van der Waals surface area contributed by atoms with Crippen LogP contribution in [0.5, 0.6) is 0 Å². The Labute approximate surface area is 90.7 Å². The van der Waals surface area contributed by atoms with Gasteiger partial charge in [0.05, 0.1) is 0 Å². The number of hydrogen-bond acceptors (Lipinski definition) is 4. The van der Waals surface area contributed by atoms with Gasteiger partial charge >= 0.3 is 0 Å². The SMILES string of the molecule is C(=C\c1cccs1)/Sc1cccnn1. The van der Waals surface area contributed by atoms with E-state index in [0.29, 0.717) is 0 Å². The summed E-state index contributed by atoms with van der Waals surface area (Å²) < 4.78 is 0. The molecule has 0 aromatic carbocycles. The Kier molecular flexibility index (Phi) is 3.32. The molecule has 2 nitrogen and oxygen atoms in total. The lowest BCUT2D eigenvalue weighted by Crippen LogP contribution is -1.79. The molecule has 0 aliphatic carbocycles. The Morgan fingerprint density at radius 1 is 1.29 bits per heavy atom. The van der Waals surface area contributed by atoms with Gasteiger partial charge in [-0.25, -0.2) is 0 Å². The highest BCUT2D eigenvalue weighted by Crippen LogP contribution is 2.18. The third kappa shape index (κ3) is 2.68. The number of nitrogens with zero attached hydrogens (tertiary/aromatic N) is 2. The minimum atomic E-state index is 0.917. The number of hydrogen-bond donors (Lipinski definition) is 0. The first-order valence-corrected chi connectivity index (χ1v) is 5.85. The average Bonchev–Trinajstić information content (AvgIpc) is 2.72. The van der Waals surface area contributed by atoms with Gasteiger partial charge in [-0.2, -0.15) is 5.10 Å². The molecule has 70 valence electrons. The molecule has 0 aliphatic rings. The highest BCUT2D eigenvalue weighted by molar-refractivity contribution is 8.02. The lowest BCUT2D eigenvalue weighted by atomic mass is 10.5. The predicted octanol–water partition coefficient (Wildman–Crippen LogP) is 3.30. The Morgan fingerprint density at radius 2 is 2.29 bits per heavy atom. The first-order valence-electron chi connectivity index (χ1n) is 4.09. The maximum atomic E-state index is 3.96. The smallest absolute Gasteiger partial charge is 0.123 e. The van der Waals surface area contributed by atoms with E-state index in [4.69, 9.17) is 0 Å². The highest BCUT2D eigenvalue weighted by Gasteiger charge is 1.90. The molecule has 0 spiro atoms. The zero-order valence-electron chi connectivity index (χ0n) is 7.33. The third-order valence-corrected chi connectivity index (χ3v) is 3.08. The molecular weight excluding hydrogens is 212 g/mol. The lowest BCUT2D eigenvalue weighted by Gasteiger charge is -1.90. The van der Waals surface area contributed by atoms with Gasteiger partial charge in [-0.15, -0.1) is 16.4 Å². The molecule has 2 rings (SSSR count). The van der Waals surface area contributed by atoms with E-state index in [1.54, 1.807) is 29.3 Å². The van der Waals surface area contributed by atoms with Crippen molar-refractivity contribution in [1.29, 1.82) is 0 Å². The van der Waals surface area contributed by atoms with Gasteiger partial charge in [-0.1, -0.05) is 17.8 Å². The predicted molar refractivity (Wildman–Crippen MR) is 61.2 cm³/mol. The Morgan fingerprint density at radius 3 is 3.00 bits per heavy atom. The topological polar surface area (TPSA) is 25.8 Å². The second-order valence-corrected chi connectivity index (χ2v) is 4.40. The molecular formula is C10H8N2S2. The molecule has 2 aromatic heterocycles. The summed E-state index contributed by atoms with van der Waals surface area (Å²) in [5, 5.41) is 12.8. The fourth-order valence-electron chi connectivity index (χ4n) is 0.907. The van der Waals surface area contributed by atoms with Crippen LogP contribution in [0.2, 0.25) is 0 Å². The fourth-order valence-corrected chi connectivity index (χ4v) is 2.22. The van der Waals surface area contributed by atoms with Crippen LogP contribution in [0.4, 0.5) is 0 Å². The molecule has 2 aromatic rings. The molecule has 0 atom stereocenters. The molecule has 0 bridgehead atoms. The maximum Gasteiger partial charge on any atom is 0.123 e. The van der Waals surface area contributed by atoms with E-state index in [2.05, 4.69) is 27.7 Å². The maximum absolute atomic E-state index is 3.96. The van der Waals surface area contributed by atoms with Crippen molar-refractivity contribution >= 4 is 29.2 Å². The van der Waals surface area contributed by atoms with Crippen molar-refractivity contribution in [2.75, 3.05) is 0 Å². The van der Waals surface area contributed by atoms with Crippen LogP contribution >= 0.6 is 23.1 Å². The summed E-state index contributed by atoms with van der Waals surface area (Å²) in [7, 11) is 0. The van der Waals surface area contributed by atoms with Gasteiger partial charge in [0.25, 0.3) is 0 Å². The van der Waals surface area contributed by atoms with Crippen molar-refractivity contribution in [3.05, 3.63) is 46.1 Å². The van der Waals surface area contributed by atoms with Crippen molar-refractivity contribution < 1.29 is 0 Å². The van der Waals surface area contributed by atoms with Crippen molar-refractivity contribution in [3.63, 3.8) is 0 Å². The zero-order valence-corrected chi connectivity index (χ0v) is 8.96. The first-order chi connectivity index (χ1) is 6.95. The van der Waals surface area contributed by atoms with Gasteiger partial charge in [-0.05, 0) is 35.1 Å². The number of rotatable bonds is 3. The van der Waals surface area contributed by atoms with Crippen LogP contribution in [0.15, 0.2) is 46.3 Å². The Balaban J connectivity index is 1.95. The second-order valence-electron chi connectivity index (χ2n) is 2.50. The van der Waals surface area contributed by atoms with E-state index in [1.807, 2.05) is 23.6 Å². The van der Waals surface area contributed by atoms with Gasteiger partial charge in [0.1, 0.15) is 5.03 Å². The first kappa shape index (κ1) is 9.43. The molecule has 0 unspecified atom stereocenters. The van der Waals surface area contributed by atoms with Crippen LogP contribution in [0.3, 0.4) is 0 Å². The Hall–Kier alpha value is -1.13. The van der Waals surface area contributed by atoms with Crippen LogP contribution in [-0.4, -0.2) is 10.2 Å². The number of thiophene rings is 1. The van der Waals surface area contributed by atoms with E-state index < -0.39 is 0 Å². The molecule has 0 fully saturated rings. The summed E-state index contributed by atoms with van der Waals surface area (Å²) in [6.45, 7) is 0. The normalized spacial score (nSPS) is 10.9. The second kappa shape index (κ2) is 4.93. The van der Waals surface area contributed by atoms with Gasteiger partial charge in [-0.3, -0.25) is 0 Å². The number of aromatic nitrogens is 2. The summed E-state index contributed by atoms with van der Waals surface area (Å²) in [6, 6.07) is 7.94. The monoisotopic (exact) mass is 220 g/mol. The standard InChI is InChI=1S/C10H8N2S2/c1-4-10(12-11-6-1)14-8-5-9-3-2-7-13-9/h1-8H/b8-5+.